The number of piperazine rings is 1. The molecule has 2 fully saturated rings. The zero-order chi connectivity index (χ0) is 22.1. The molecule has 3 aromatic heterocycles. The first-order valence-corrected chi connectivity index (χ1v) is 12.3. The van der Waals surface area contributed by atoms with Gasteiger partial charge in [-0.05, 0) is 51.8 Å². The highest BCUT2D eigenvalue weighted by Gasteiger charge is 2.30. The van der Waals surface area contributed by atoms with E-state index in [0.717, 1.165) is 78.2 Å². The molecule has 7 nitrogen and oxygen atoms in total. The van der Waals surface area contributed by atoms with Crippen molar-refractivity contribution in [3.8, 4) is 10.4 Å². The van der Waals surface area contributed by atoms with Gasteiger partial charge < -0.3 is 10.2 Å². The average Bonchev–Trinajstić information content (AvgIpc) is 3.25. The number of carbonyl (C=O) groups is 1. The van der Waals surface area contributed by atoms with Crippen LogP contribution in [0.25, 0.3) is 21.3 Å². The van der Waals surface area contributed by atoms with Crippen LogP contribution < -0.4 is 5.32 Å². The summed E-state index contributed by atoms with van der Waals surface area (Å²) in [6.07, 6.45) is 9.58. The van der Waals surface area contributed by atoms with Gasteiger partial charge >= 0.3 is 0 Å². The number of aryl methyl sites for hydroxylation is 1. The number of aromatic nitrogens is 3. The molecule has 1 saturated heterocycles. The van der Waals surface area contributed by atoms with Gasteiger partial charge in [0, 0.05) is 61.5 Å². The summed E-state index contributed by atoms with van der Waals surface area (Å²) in [6.45, 7) is 6.59. The zero-order valence-corrected chi connectivity index (χ0v) is 19.6. The molecular formula is C24H30N6OS. The highest BCUT2D eigenvalue weighted by molar-refractivity contribution is 7.15. The Bertz CT molecular complexity index is 1100. The third kappa shape index (κ3) is 4.67. The van der Waals surface area contributed by atoms with Gasteiger partial charge in [0.25, 0.3) is 0 Å². The summed E-state index contributed by atoms with van der Waals surface area (Å²) >= 11 is 1.65. The number of pyridine rings is 2. The molecule has 168 valence electrons. The van der Waals surface area contributed by atoms with E-state index in [0.29, 0.717) is 11.9 Å². The molecule has 0 unspecified atom stereocenters. The van der Waals surface area contributed by atoms with Crippen LogP contribution in [0.2, 0.25) is 0 Å². The number of rotatable bonds is 4. The van der Waals surface area contributed by atoms with Crippen molar-refractivity contribution in [3.05, 3.63) is 35.7 Å². The average molecular weight is 451 g/mol. The molecule has 1 amide bonds. The molecule has 2 aliphatic rings. The summed E-state index contributed by atoms with van der Waals surface area (Å²) in [5.41, 5.74) is 1.86. The second-order valence-electron chi connectivity index (χ2n) is 9.06. The molecule has 32 heavy (non-hydrogen) atoms. The van der Waals surface area contributed by atoms with Crippen LogP contribution in [0.3, 0.4) is 0 Å². The number of nitrogens with zero attached hydrogens (tertiary/aromatic N) is 5. The van der Waals surface area contributed by atoms with Gasteiger partial charge in [0.1, 0.15) is 5.82 Å². The Kier molecular flexibility index (Phi) is 6.17. The largest absolute Gasteiger partial charge is 0.310 e. The number of fused-ring (bicyclic) bond motifs is 1. The number of thiazole rings is 1. The number of hydrogen-bond acceptors (Lipinski definition) is 7. The third-order valence-corrected chi connectivity index (χ3v) is 7.81. The van der Waals surface area contributed by atoms with Crippen LogP contribution in [0.5, 0.6) is 0 Å². The summed E-state index contributed by atoms with van der Waals surface area (Å²) in [4.78, 5) is 32.3. The molecule has 5 rings (SSSR count). The fourth-order valence-corrected chi connectivity index (χ4v) is 5.61. The predicted octanol–water partition coefficient (Wildman–Crippen LogP) is 3.81. The van der Waals surface area contributed by atoms with Gasteiger partial charge in [-0.3, -0.25) is 14.7 Å². The molecule has 8 heteroatoms. The first-order chi connectivity index (χ1) is 15.5. The molecule has 1 aliphatic carbocycles. The van der Waals surface area contributed by atoms with Crippen LogP contribution >= 0.6 is 11.3 Å². The van der Waals surface area contributed by atoms with E-state index in [1.54, 1.807) is 17.5 Å². The topological polar surface area (TPSA) is 74.2 Å². The molecule has 0 aromatic carbocycles. The lowest BCUT2D eigenvalue weighted by molar-refractivity contribution is -0.121. The fourth-order valence-electron chi connectivity index (χ4n) is 4.85. The molecule has 3 aromatic rings. The van der Waals surface area contributed by atoms with Crippen LogP contribution in [0.1, 0.15) is 30.7 Å². The van der Waals surface area contributed by atoms with Crippen molar-refractivity contribution in [2.75, 3.05) is 38.5 Å². The lowest BCUT2D eigenvalue weighted by Crippen LogP contribution is -2.50. The van der Waals surface area contributed by atoms with Crippen LogP contribution in [0, 0.1) is 12.8 Å². The number of carbonyl (C=O) groups excluding carboxylic acids is 1. The summed E-state index contributed by atoms with van der Waals surface area (Å²) in [5.74, 6) is 0.764. The van der Waals surface area contributed by atoms with E-state index in [9.17, 15) is 4.79 Å². The van der Waals surface area contributed by atoms with Crippen molar-refractivity contribution in [1.29, 1.82) is 0 Å². The summed E-state index contributed by atoms with van der Waals surface area (Å²) in [6, 6.07) is 4.65. The fraction of sp³-hybridized carbons (Fsp3) is 0.500. The lowest BCUT2D eigenvalue weighted by atomic mass is 9.84. The Morgan fingerprint density at radius 3 is 2.50 bits per heavy atom. The Hall–Kier alpha value is -2.42. The molecule has 0 bridgehead atoms. The highest BCUT2D eigenvalue weighted by atomic mass is 32.1. The summed E-state index contributed by atoms with van der Waals surface area (Å²) < 4.78 is 0. The Balaban J connectivity index is 1.22. The van der Waals surface area contributed by atoms with Gasteiger partial charge in [-0.1, -0.05) is 0 Å². The van der Waals surface area contributed by atoms with E-state index < -0.39 is 0 Å². The second kappa shape index (κ2) is 9.21. The Morgan fingerprint density at radius 1 is 1.00 bits per heavy atom. The number of hydrogen-bond donors (Lipinski definition) is 1. The predicted molar refractivity (Wildman–Crippen MR) is 129 cm³/mol. The normalized spacial score (nSPS) is 22.8. The molecule has 1 aliphatic heterocycles. The first-order valence-electron chi connectivity index (χ1n) is 11.5. The lowest BCUT2D eigenvalue weighted by Gasteiger charge is -2.40. The van der Waals surface area contributed by atoms with Crippen LogP contribution in [-0.4, -0.2) is 69.9 Å². The second-order valence-corrected chi connectivity index (χ2v) is 10.3. The number of anilines is 1. The highest BCUT2D eigenvalue weighted by Crippen LogP contribution is 2.30. The molecule has 1 N–H and O–H groups in total. The van der Waals surface area contributed by atoms with E-state index >= 15 is 0 Å². The van der Waals surface area contributed by atoms with Crippen molar-refractivity contribution < 1.29 is 4.79 Å². The van der Waals surface area contributed by atoms with Crippen molar-refractivity contribution >= 4 is 34.0 Å². The quantitative estimate of drug-likeness (QED) is 0.652. The third-order valence-electron chi connectivity index (χ3n) is 6.85. The maximum absolute atomic E-state index is 12.9. The smallest absolute Gasteiger partial charge is 0.228 e. The minimum absolute atomic E-state index is 0.0702. The van der Waals surface area contributed by atoms with Gasteiger partial charge in [-0.15, -0.1) is 11.3 Å². The first kappa shape index (κ1) is 21.4. The minimum Gasteiger partial charge on any atom is -0.310 e. The molecular weight excluding hydrogens is 420 g/mol. The van der Waals surface area contributed by atoms with Crippen molar-refractivity contribution in [3.63, 3.8) is 0 Å². The van der Waals surface area contributed by atoms with Crippen molar-refractivity contribution in [2.45, 2.75) is 38.6 Å². The maximum Gasteiger partial charge on any atom is 0.228 e. The summed E-state index contributed by atoms with van der Waals surface area (Å²) in [7, 11) is 2.19. The van der Waals surface area contributed by atoms with Gasteiger partial charge in [0.05, 0.1) is 21.6 Å². The molecule has 0 radical (unpaired) electrons. The van der Waals surface area contributed by atoms with E-state index in [4.69, 9.17) is 0 Å². The molecule has 0 spiro atoms. The number of likely N-dealkylation sites (N-methyl/N-ethyl adjacent to an activating group) is 1. The van der Waals surface area contributed by atoms with E-state index in [-0.39, 0.29) is 11.8 Å². The van der Waals surface area contributed by atoms with E-state index in [1.165, 1.54) is 0 Å². The van der Waals surface area contributed by atoms with Gasteiger partial charge in [0.2, 0.25) is 5.91 Å². The monoisotopic (exact) mass is 450 g/mol. The van der Waals surface area contributed by atoms with E-state index in [1.807, 2.05) is 25.4 Å². The van der Waals surface area contributed by atoms with Crippen molar-refractivity contribution in [2.24, 2.45) is 5.92 Å². The number of amides is 1. The van der Waals surface area contributed by atoms with Gasteiger partial charge in [0.15, 0.2) is 0 Å². The molecule has 1 saturated carbocycles. The zero-order valence-electron chi connectivity index (χ0n) is 18.8. The van der Waals surface area contributed by atoms with Crippen molar-refractivity contribution in [1.82, 2.24) is 24.8 Å². The summed E-state index contributed by atoms with van der Waals surface area (Å²) in [5, 5.41) is 5.06. The maximum atomic E-state index is 12.9. The molecule has 4 heterocycles. The SMILES string of the molecule is Cc1ncc(-c2cnc3cnc(NC(=O)C4CCC(N5CCN(C)CC5)CC4)cc3c2)s1. The van der Waals surface area contributed by atoms with Crippen LogP contribution in [-0.2, 0) is 4.79 Å². The number of nitrogens with one attached hydrogen (secondary N) is 1. The van der Waals surface area contributed by atoms with Gasteiger partial charge in [-0.25, -0.2) is 9.97 Å². The molecule has 0 atom stereocenters. The van der Waals surface area contributed by atoms with E-state index in [2.05, 4.69) is 43.2 Å². The van der Waals surface area contributed by atoms with Crippen LogP contribution in [0.15, 0.2) is 30.7 Å². The van der Waals surface area contributed by atoms with Gasteiger partial charge in [-0.2, -0.15) is 0 Å². The standard InChI is InChI=1S/C24H30N6OS/c1-16-25-15-22(32-16)19-11-18-12-23(27-14-21(18)26-13-19)28-24(31)17-3-5-20(6-4-17)30-9-7-29(2)8-10-30/h11-15,17,20H,3-10H2,1-2H3,(H,27,28,31). The minimum atomic E-state index is 0.0702. The van der Waals surface area contributed by atoms with Crippen LogP contribution in [0.4, 0.5) is 5.82 Å². The Labute approximate surface area is 192 Å². The Morgan fingerprint density at radius 2 is 1.78 bits per heavy atom.